The molecule has 3 aromatic rings. The van der Waals surface area contributed by atoms with E-state index in [2.05, 4.69) is 26.1 Å². The van der Waals surface area contributed by atoms with Crippen molar-refractivity contribution in [3.8, 4) is 11.4 Å². The number of nitrogens with two attached hydrogens (primary N) is 1. The van der Waals surface area contributed by atoms with E-state index < -0.39 is 0 Å². The van der Waals surface area contributed by atoms with E-state index in [1.807, 2.05) is 48.5 Å². The number of rotatable bonds is 4. The van der Waals surface area contributed by atoms with Gasteiger partial charge in [0.25, 0.3) is 0 Å². The van der Waals surface area contributed by atoms with Gasteiger partial charge in [-0.05, 0) is 36.2 Å². The van der Waals surface area contributed by atoms with Crippen LogP contribution in [0.4, 0.5) is 5.69 Å². The van der Waals surface area contributed by atoms with Gasteiger partial charge in [-0.1, -0.05) is 45.4 Å². The number of hydrogen-bond acceptors (Lipinski definition) is 4. The van der Waals surface area contributed by atoms with Crippen molar-refractivity contribution >= 4 is 21.6 Å². The molecule has 106 valence electrons. The van der Waals surface area contributed by atoms with Gasteiger partial charge in [-0.3, -0.25) is 0 Å². The van der Waals surface area contributed by atoms with Crippen LogP contribution in [0, 0.1) is 0 Å². The zero-order chi connectivity index (χ0) is 14.7. The summed E-state index contributed by atoms with van der Waals surface area (Å²) in [5.74, 6) is 1.26. The van der Waals surface area contributed by atoms with Gasteiger partial charge in [0, 0.05) is 22.1 Å². The summed E-state index contributed by atoms with van der Waals surface area (Å²) >= 11 is 3.44. The van der Waals surface area contributed by atoms with E-state index >= 15 is 0 Å². The predicted octanol–water partition coefficient (Wildman–Crippen LogP) is 3.87. The molecular formula is C16H14BrN3O. The minimum atomic E-state index is 0.614. The molecule has 0 radical (unpaired) electrons. The molecule has 3 rings (SSSR count). The second-order valence-corrected chi connectivity index (χ2v) is 5.68. The van der Waals surface area contributed by atoms with Crippen LogP contribution in [0.5, 0.6) is 0 Å². The molecule has 2 N–H and O–H groups in total. The Bertz CT molecular complexity index is 737. The van der Waals surface area contributed by atoms with Crippen LogP contribution in [0.3, 0.4) is 0 Å². The Kier molecular flexibility index (Phi) is 4.01. The van der Waals surface area contributed by atoms with Gasteiger partial charge in [0.2, 0.25) is 11.7 Å². The van der Waals surface area contributed by atoms with Crippen LogP contribution < -0.4 is 5.73 Å². The van der Waals surface area contributed by atoms with Gasteiger partial charge in [0.15, 0.2) is 0 Å². The predicted molar refractivity (Wildman–Crippen MR) is 85.7 cm³/mol. The molecule has 0 spiro atoms. The first-order chi connectivity index (χ1) is 10.2. The Morgan fingerprint density at radius 2 is 1.86 bits per heavy atom. The minimum Gasteiger partial charge on any atom is -0.399 e. The number of benzene rings is 2. The van der Waals surface area contributed by atoms with Gasteiger partial charge < -0.3 is 10.3 Å². The molecule has 0 saturated heterocycles. The van der Waals surface area contributed by atoms with Gasteiger partial charge >= 0.3 is 0 Å². The van der Waals surface area contributed by atoms with E-state index in [4.69, 9.17) is 10.3 Å². The fraction of sp³-hybridized carbons (Fsp3) is 0.125. The van der Waals surface area contributed by atoms with Crippen molar-refractivity contribution in [2.24, 2.45) is 0 Å². The molecular weight excluding hydrogens is 330 g/mol. The number of anilines is 1. The Labute approximate surface area is 131 Å². The molecule has 0 aliphatic heterocycles. The summed E-state index contributed by atoms with van der Waals surface area (Å²) in [7, 11) is 0. The molecule has 5 heteroatoms. The van der Waals surface area contributed by atoms with E-state index in [9.17, 15) is 0 Å². The topological polar surface area (TPSA) is 64.9 Å². The van der Waals surface area contributed by atoms with Gasteiger partial charge in [0.1, 0.15) is 0 Å². The molecule has 0 unspecified atom stereocenters. The van der Waals surface area contributed by atoms with Crippen molar-refractivity contribution in [3.63, 3.8) is 0 Å². The number of nitrogen functional groups attached to an aromatic ring is 1. The first-order valence-electron chi connectivity index (χ1n) is 6.64. The third-order valence-electron chi connectivity index (χ3n) is 3.16. The van der Waals surface area contributed by atoms with Crippen LogP contribution in [0.25, 0.3) is 11.4 Å². The average molecular weight is 344 g/mol. The highest BCUT2D eigenvalue weighted by molar-refractivity contribution is 9.10. The third kappa shape index (κ3) is 3.49. The van der Waals surface area contributed by atoms with Crippen molar-refractivity contribution in [1.29, 1.82) is 0 Å². The van der Waals surface area contributed by atoms with Crippen molar-refractivity contribution in [2.75, 3.05) is 5.73 Å². The monoisotopic (exact) mass is 343 g/mol. The molecule has 0 atom stereocenters. The Morgan fingerprint density at radius 3 is 2.62 bits per heavy atom. The smallest absolute Gasteiger partial charge is 0.227 e. The molecule has 0 fully saturated rings. The van der Waals surface area contributed by atoms with E-state index in [0.29, 0.717) is 18.1 Å². The standard InChI is InChI=1S/C16H14BrN3O/c17-13-3-1-2-12(10-13)16-19-15(21-20-16)9-6-11-4-7-14(18)8-5-11/h1-5,7-8,10H,6,9,18H2. The summed E-state index contributed by atoms with van der Waals surface area (Å²) in [6, 6.07) is 15.7. The molecule has 4 nitrogen and oxygen atoms in total. The van der Waals surface area contributed by atoms with Crippen molar-refractivity contribution in [1.82, 2.24) is 10.1 Å². The lowest BCUT2D eigenvalue weighted by Crippen LogP contribution is -1.92. The molecule has 0 saturated carbocycles. The van der Waals surface area contributed by atoms with E-state index in [1.54, 1.807) is 0 Å². The van der Waals surface area contributed by atoms with Gasteiger partial charge in [-0.25, -0.2) is 0 Å². The number of aromatic nitrogens is 2. The minimum absolute atomic E-state index is 0.614. The summed E-state index contributed by atoms with van der Waals surface area (Å²) in [5.41, 5.74) is 8.58. The number of aryl methyl sites for hydroxylation is 2. The highest BCUT2D eigenvalue weighted by atomic mass is 79.9. The lowest BCUT2D eigenvalue weighted by Gasteiger charge is -1.98. The van der Waals surface area contributed by atoms with Gasteiger partial charge in [0.05, 0.1) is 0 Å². The van der Waals surface area contributed by atoms with Crippen LogP contribution in [0.1, 0.15) is 11.5 Å². The van der Waals surface area contributed by atoms with Crippen LogP contribution in [-0.4, -0.2) is 10.1 Å². The van der Waals surface area contributed by atoms with Crippen molar-refractivity contribution < 1.29 is 4.52 Å². The summed E-state index contributed by atoms with van der Waals surface area (Å²) in [6.07, 6.45) is 1.56. The van der Waals surface area contributed by atoms with Crippen molar-refractivity contribution in [3.05, 3.63) is 64.5 Å². The molecule has 0 amide bonds. The molecule has 1 aromatic heterocycles. The lowest BCUT2D eigenvalue weighted by atomic mass is 10.1. The summed E-state index contributed by atoms with van der Waals surface area (Å²) in [6.45, 7) is 0. The van der Waals surface area contributed by atoms with Crippen molar-refractivity contribution in [2.45, 2.75) is 12.8 Å². The maximum atomic E-state index is 5.67. The first-order valence-corrected chi connectivity index (χ1v) is 7.43. The van der Waals surface area contributed by atoms with E-state index in [0.717, 1.165) is 22.1 Å². The fourth-order valence-electron chi connectivity index (χ4n) is 2.04. The summed E-state index contributed by atoms with van der Waals surface area (Å²) in [5, 5.41) is 4.03. The van der Waals surface area contributed by atoms with Crippen LogP contribution >= 0.6 is 15.9 Å². The second-order valence-electron chi connectivity index (χ2n) is 4.76. The van der Waals surface area contributed by atoms with E-state index in [1.165, 1.54) is 5.56 Å². The fourth-order valence-corrected chi connectivity index (χ4v) is 2.44. The largest absolute Gasteiger partial charge is 0.399 e. The highest BCUT2D eigenvalue weighted by Gasteiger charge is 2.09. The maximum absolute atomic E-state index is 5.67. The quantitative estimate of drug-likeness (QED) is 0.730. The summed E-state index contributed by atoms with van der Waals surface area (Å²) < 4.78 is 6.30. The first kappa shape index (κ1) is 13.8. The number of hydrogen-bond donors (Lipinski definition) is 1. The van der Waals surface area contributed by atoms with Crippen LogP contribution in [0.15, 0.2) is 57.5 Å². The highest BCUT2D eigenvalue weighted by Crippen LogP contribution is 2.20. The van der Waals surface area contributed by atoms with Gasteiger partial charge in [-0.15, -0.1) is 0 Å². The number of halogens is 1. The second kappa shape index (κ2) is 6.10. The van der Waals surface area contributed by atoms with Crippen LogP contribution in [-0.2, 0) is 12.8 Å². The molecule has 0 aliphatic carbocycles. The van der Waals surface area contributed by atoms with Gasteiger partial charge in [-0.2, -0.15) is 4.98 Å². The maximum Gasteiger partial charge on any atom is 0.227 e. The van der Waals surface area contributed by atoms with Crippen LogP contribution in [0.2, 0.25) is 0 Å². The third-order valence-corrected chi connectivity index (χ3v) is 3.65. The zero-order valence-corrected chi connectivity index (χ0v) is 12.9. The zero-order valence-electron chi connectivity index (χ0n) is 11.3. The molecule has 2 aromatic carbocycles. The Balaban J connectivity index is 1.69. The lowest BCUT2D eigenvalue weighted by molar-refractivity contribution is 0.379. The molecule has 21 heavy (non-hydrogen) atoms. The Morgan fingerprint density at radius 1 is 1.05 bits per heavy atom. The Hall–Kier alpha value is -2.14. The molecule has 0 aliphatic rings. The number of nitrogens with zero attached hydrogens (tertiary/aromatic N) is 2. The SMILES string of the molecule is Nc1ccc(CCc2nc(-c3cccc(Br)c3)no2)cc1. The normalized spacial score (nSPS) is 10.7. The molecule has 0 bridgehead atoms. The average Bonchev–Trinajstić information content (AvgIpc) is 2.96. The van der Waals surface area contributed by atoms with E-state index in [-0.39, 0.29) is 0 Å². The summed E-state index contributed by atoms with van der Waals surface area (Å²) in [4.78, 5) is 4.43. The molecule has 1 heterocycles.